The first kappa shape index (κ1) is 4.78. The third-order valence-electron chi connectivity index (χ3n) is 1.06. The molecule has 0 atom stereocenters. The molecule has 0 fully saturated rings. The van der Waals surface area contributed by atoms with E-state index in [1.54, 1.807) is 0 Å². The lowest BCUT2D eigenvalue weighted by atomic mass is 10.3. The van der Waals surface area contributed by atoms with E-state index in [1.807, 2.05) is 6.08 Å². The molecular weight excluding hydrogens is 93.1 g/mol. The molecule has 1 heterocycles. The largest absolute Gasteiger partial charge is 0.309 e. The van der Waals surface area contributed by atoms with Crippen molar-refractivity contribution >= 4 is 0 Å². The molecule has 0 saturated heterocycles. The molecule has 2 heteroatoms. The maximum Gasteiger partial charge on any atom is 0.112 e. The van der Waals surface area contributed by atoms with Gasteiger partial charge in [0.15, 0.2) is 0 Å². The molecule has 0 saturated carbocycles. The number of rotatable bonds is 1. The second-order valence-corrected chi connectivity index (χ2v) is 1.63. The Bertz CT molecular complexity index is 88.1. The maximum atomic E-state index is 11.6. The van der Waals surface area contributed by atoms with Crippen molar-refractivity contribution in [3.63, 3.8) is 0 Å². The quantitative estimate of drug-likeness (QED) is 0.474. The molecule has 0 amide bonds. The molecule has 0 bridgehead atoms. The minimum absolute atomic E-state index is 0.285. The van der Waals surface area contributed by atoms with Crippen LogP contribution in [-0.4, -0.2) is 19.8 Å². The average molecular weight is 101 g/mol. The second kappa shape index (κ2) is 2.07. The van der Waals surface area contributed by atoms with Gasteiger partial charge in [0.25, 0.3) is 0 Å². The molecule has 0 radical (unpaired) electrons. The summed E-state index contributed by atoms with van der Waals surface area (Å²) in [4.78, 5) is 0. The summed E-state index contributed by atoms with van der Waals surface area (Å²) in [5.41, 5.74) is 0.889. The zero-order valence-corrected chi connectivity index (χ0v) is 4.08. The van der Waals surface area contributed by atoms with Gasteiger partial charge in [-0.3, -0.25) is 0 Å². The standard InChI is InChI=1S/C5H8FN/c6-3-5-1-2-7-4-5/h1,7H,2-4H2. The van der Waals surface area contributed by atoms with Gasteiger partial charge in [-0.1, -0.05) is 6.08 Å². The van der Waals surface area contributed by atoms with Gasteiger partial charge in [0.1, 0.15) is 6.67 Å². The van der Waals surface area contributed by atoms with Crippen LogP contribution in [0.1, 0.15) is 0 Å². The van der Waals surface area contributed by atoms with Crippen molar-refractivity contribution < 1.29 is 4.39 Å². The summed E-state index contributed by atoms with van der Waals surface area (Å²) in [5.74, 6) is 0. The molecular formula is C5H8FN. The van der Waals surface area contributed by atoms with Crippen LogP contribution in [0, 0.1) is 0 Å². The van der Waals surface area contributed by atoms with Gasteiger partial charge in [-0.15, -0.1) is 0 Å². The molecule has 0 aromatic carbocycles. The number of hydrogen-bond acceptors (Lipinski definition) is 1. The zero-order valence-electron chi connectivity index (χ0n) is 4.08. The van der Waals surface area contributed by atoms with Crippen LogP contribution in [0.15, 0.2) is 11.6 Å². The van der Waals surface area contributed by atoms with Gasteiger partial charge < -0.3 is 5.32 Å². The Morgan fingerprint density at radius 1 is 1.86 bits per heavy atom. The van der Waals surface area contributed by atoms with Crippen LogP contribution in [0.4, 0.5) is 4.39 Å². The number of hydrogen-bond donors (Lipinski definition) is 1. The third kappa shape index (κ3) is 0.996. The smallest absolute Gasteiger partial charge is 0.112 e. The summed E-state index contributed by atoms with van der Waals surface area (Å²) in [6, 6.07) is 0. The van der Waals surface area contributed by atoms with E-state index >= 15 is 0 Å². The topological polar surface area (TPSA) is 12.0 Å². The Kier molecular flexibility index (Phi) is 1.42. The number of nitrogens with one attached hydrogen (secondary N) is 1. The summed E-state index contributed by atoms with van der Waals surface area (Å²) in [6.07, 6.45) is 1.89. The summed E-state index contributed by atoms with van der Waals surface area (Å²) in [6.45, 7) is 1.31. The van der Waals surface area contributed by atoms with Gasteiger partial charge >= 0.3 is 0 Å². The highest BCUT2D eigenvalue weighted by atomic mass is 19.1. The molecule has 0 aromatic heterocycles. The van der Waals surface area contributed by atoms with Gasteiger partial charge in [-0.2, -0.15) is 0 Å². The monoisotopic (exact) mass is 101 g/mol. The van der Waals surface area contributed by atoms with Crippen molar-refractivity contribution in [2.24, 2.45) is 0 Å². The van der Waals surface area contributed by atoms with Gasteiger partial charge in [0.2, 0.25) is 0 Å². The predicted molar refractivity (Wildman–Crippen MR) is 26.9 cm³/mol. The van der Waals surface area contributed by atoms with Crippen LogP contribution < -0.4 is 5.32 Å². The molecule has 1 rings (SSSR count). The lowest BCUT2D eigenvalue weighted by molar-refractivity contribution is 0.538. The van der Waals surface area contributed by atoms with Crippen LogP contribution in [0.5, 0.6) is 0 Å². The van der Waals surface area contributed by atoms with Crippen molar-refractivity contribution in [2.75, 3.05) is 19.8 Å². The molecule has 0 aliphatic carbocycles. The van der Waals surface area contributed by atoms with Crippen LogP contribution >= 0.6 is 0 Å². The first-order chi connectivity index (χ1) is 3.43. The first-order valence-corrected chi connectivity index (χ1v) is 2.38. The summed E-state index contributed by atoms with van der Waals surface area (Å²) in [5, 5.41) is 2.99. The fraction of sp³-hybridized carbons (Fsp3) is 0.600. The van der Waals surface area contributed by atoms with E-state index in [2.05, 4.69) is 5.32 Å². The van der Waals surface area contributed by atoms with Gasteiger partial charge in [-0.05, 0) is 5.57 Å². The molecule has 0 spiro atoms. The van der Waals surface area contributed by atoms with E-state index in [0.29, 0.717) is 0 Å². The Morgan fingerprint density at radius 2 is 2.71 bits per heavy atom. The van der Waals surface area contributed by atoms with Gasteiger partial charge in [0.05, 0.1) is 0 Å². The fourth-order valence-electron chi connectivity index (χ4n) is 0.623. The maximum absolute atomic E-state index is 11.6. The molecule has 1 aliphatic heterocycles. The van der Waals surface area contributed by atoms with Crippen LogP contribution in [0.25, 0.3) is 0 Å². The molecule has 40 valence electrons. The van der Waals surface area contributed by atoms with Crippen LogP contribution in [0.3, 0.4) is 0 Å². The Balaban J connectivity index is 2.36. The Labute approximate surface area is 42.2 Å². The zero-order chi connectivity index (χ0) is 5.11. The summed E-state index contributed by atoms with van der Waals surface area (Å²) >= 11 is 0. The summed E-state index contributed by atoms with van der Waals surface area (Å²) in [7, 11) is 0. The average Bonchev–Trinajstić information content (AvgIpc) is 2.14. The highest BCUT2D eigenvalue weighted by Gasteiger charge is 1.99. The molecule has 0 aromatic rings. The van der Waals surface area contributed by atoms with E-state index in [1.165, 1.54) is 0 Å². The minimum Gasteiger partial charge on any atom is -0.309 e. The van der Waals surface area contributed by atoms with Crippen molar-refractivity contribution in [1.29, 1.82) is 0 Å². The fourth-order valence-corrected chi connectivity index (χ4v) is 0.623. The lowest BCUT2D eigenvalue weighted by Crippen LogP contribution is -2.08. The normalized spacial score (nSPS) is 19.9. The minimum atomic E-state index is -0.285. The molecule has 7 heavy (non-hydrogen) atoms. The molecule has 1 N–H and O–H groups in total. The molecule has 1 nitrogen and oxygen atoms in total. The highest BCUT2D eigenvalue weighted by molar-refractivity contribution is 5.10. The Morgan fingerprint density at radius 3 is 3.00 bits per heavy atom. The van der Waals surface area contributed by atoms with Crippen LogP contribution in [0.2, 0.25) is 0 Å². The summed E-state index contributed by atoms with van der Waals surface area (Å²) < 4.78 is 11.6. The van der Waals surface area contributed by atoms with E-state index in [0.717, 1.165) is 18.7 Å². The van der Waals surface area contributed by atoms with E-state index in [4.69, 9.17) is 0 Å². The lowest BCUT2D eigenvalue weighted by Gasteiger charge is -1.87. The van der Waals surface area contributed by atoms with E-state index in [-0.39, 0.29) is 6.67 Å². The van der Waals surface area contributed by atoms with E-state index < -0.39 is 0 Å². The van der Waals surface area contributed by atoms with Crippen molar-refractivity contribution in [3.05, 3.63) is 11.6 Å². The second-order valence-electron chi connectivity index (χ2n) is 1.63. The van der Waals surface area contributed by atoms with Gasteiger partial charge in [-0.25, -0.2) is 4.39 Å². The van der Waals surface area contributed by atoms with Gasteiger partial charge in [0, 0.05) is 13.1 Å². The molecule has 1 aliphatic rings. The van der Waals surface area contributed by atoms with Crippen molar-refractivity contribution in [2.45, 2.75) is 0 Å². The third-order valence-corrected chi connectivity index (χ3v) is 1.06. The van der Waals surface area contributed by atoms with Crippen molar-refractivity contribution in [3.8, 4) is 0 Å². The SMILES string of the molecule is FCC1=CCNC1. The number of halogens is 1. The highest BCUT2D eigenvalue weighted by Crippen LogP contribution is 1.96. The predicted octanol–water partition coefficient (Wildman–Crippen LogP) is 0.485. The molecule has 0 unspecified atom stereocenters. The van der Waals surface area contributed by atoms with Crippen molar-refractivity contribution in [1.82, 2.24) is 5.32 Å². The number of alkyl halides is 1. The first-order valence-electron chi connectivity index (χ1n) is 2.38. The van der Waals surface area contributed by atoms with E-state index in [9.17, 15) is 4.39 Å². The van der Waals surface area contributed by atoms with Crippen LogP contribution in [-0.2, 0) is 0 Å². The Hall–Kier alpha value is -0.370.